The van der Waals surface area contributed by atoms with Gasteiger partial charge in [0.15, 0.2) is 0 Å². The van der Waals surface area contributed by atoms with E-state index in [1.54, 1.807) is 12.3 Å². The van der Waals surface area contributed by atoms with Crippen LogP contribution in [0.4, 0.5) is 10.1 Å². The number of aliphatic hydroxyl groups is 1. The van der Waals surface area contributed by atoms with Crippen LogP contribution in [0.3, 0.4) is 0 Å². The van der Waals surface area contributed by atoms with Crippen molar-refractivity contribution >= 4 is 5.69 Å². The van der Waals surface area contributed by atoms with Gasteiger partial charge in [-0.2, -0.15) is 5.10 Å². The smallest absolute Gasteiger partial charge is 0.123 e. The van der Waals surface area contributed by atoms with Gasteiger partial charge in [0, 0.05) is 31.4 Å². The summed E-state index contributed by atoms with van der Waals surface area (Å²) in [4.78, 5) is 2.24. The standard InChI is InChI=1S/C18H25FN4O/c1-12-10-21-22-17(12)11-20-13(2)16-9-14(19)3-4-18(16)23-7-5-15(24)6-8-23/h3-4,9-10,13,15,20,24H,5-8,11H2,1-2H3,(H,21,22). The summed E-state index contributed by atoms with van der Waals surface area (Å²) in [7, 11) is 0. The minimum atomic E-state index is -0.225. The highest BCUT2D eigenvalue weighted by Crippen LogP contribution is 2.30. The molecule has 6 heteroatoms. The molecule has 3 N–H and O–H groups in total. The maximum absolute atomic E-state index is 13.8. The van der Waals surface area contributed by atoms with E-state index in [2.05, 4.69) is 20.4 Å². The lowest BCUT2D eigenvalue weighted by atomic mass is 10.0. The van der Waals surface area contributed by atoms with Crippen LogP contribution in [0, 0.1) is 12.7 Å². The number of aromatic amines is 1. The normalized spacial score (nSPS) is 17.2. The third kappa shape index (κ3) is 3.76. The molecule has 1 aliphatic heterocycles. The number of aryl methyl sites for hydroxylation is 1. The largest absolute Gasteiger partial charge is 0.393 e. The topological polar surface area (TPSA) is 64.2 Å². The lowest BCUT2D eigenvalue weighted by molar-refractivity contribution is 0.145. The molecule has 3 rings (SSSR count). The molecule has 1 saturated heterocycles. The molecule has 1 aromatic heterocycles. The van der Waals surface area contributed by atoms with E-state index >= 15 is 0 Å². The monoisotopic (exact) mass is 332 g/mol. The molecule has 0 spiro atoms. The van der Waals surface area contributed by atoms with E-state index in [9.17, 15) is 9.50 Å². The lowest BCUT2D eigenvalue weighted by Crippen LogP contribution is -2.37. The summed E-state index contributed by atoms with van der Waals surface area (Å²) in [6, 6.07) is 4.97. The van der Waals surface area contributed by atoms with E-state index in [0.717, 1.165) is 48.4 Å². The summed E-state index contributed by atoms with van der Waals surface area (Å²) in [5.74, 6) is -0.225. The maximum atomic E-state index is 13.8. The van der Waals surface area contributed by atoms with Gasteiger partial charge in [0.05, 0.1) is 18.0 Å². The second-order valence-electron chi connectivity index (χ2n) is 6.56. The van der Waals surface area contributed by atoms with Crippen molar-refractivity contribution in [3.8, 4) is 0 Å². The Hall–Kier alpha value is -1.92. The molecule has 5 nitrogen and oxygen atoms in total. The predicted molar refractivity (Wildman–Crippen MR) is 92.4 cm³/mol. The Balaban J connectivity index is 1.75. The number of hydrogen-bond acceptors (Lipinski definition) is 4. The molecule has 0 radical (unpaired) electrons. The quantitative estimate of drug-likeness (QED) is 0.788. The van der Waals surface area contributed by atoms with Crippen molar-refractivity contribution in [2.45, 2.75) is 45.4 Å². The minimum absolute atomic E-state index is 0.00486. The first kappa shape index (κ1) is 16.9. The first-order valence-electron chi connectivity index (χ1n) is 8.49. The summed E-state index contributed by atoms with van der Waals surface area (Å²) in [5.41, 5.74) is 4.15. The van der Waals surface area contributed by atoms with Gasteiger partial charge in [0.25, 0.3) is 0 Å². The number of H-pyrrole nitrogens is 1. The zero-order valence-electron chi connectivity index (χ0n) is 14.2. The van der Waals surface area contributed by atoms with Crippen LogP contribution in [0.5, 0.6) is 0 Å². The summed E-state index contributed by atoms with van der Waals surface area (Å²) in [6.45, 7) is 6.31. The number of halogens is 1. The number of piperidine rings is 1. The summed E-state index contributed by atoms with van der Waals surface area (Å²) in [5, 5.41) is 20.2. The number of rotatable bonds is 5. The van der Waals surface area contributed by atoms with Gasteiger partial charge >= 0.3 is 0 Å². The zero-order valence-corrected chi connectivity index (χ0v) is 14.2. The molecule has 1 aromatic carbocycles. The molecular formula is C18H25FN4O. The van der Waals surface area contributed by atoms with Crippen LogP contribution in [0.15, 0.2) is 24.4 Å². The molecule has 1 atom stereocenters. The molecule has 0 aliphatic carbocycles. The van der Waals surface area contributed by atoms with Gasteiger partial charge in [0.1, 0.15) is 5.82 Å². The van der Waals surface area contributed by atoms with Crippen LogP contribution < -0.4 is 10.2 Å². The fourth-order valence-corrected chi connectivity index (χ4v) is 3.18. The number of benzene rings is 1. The average Bonchev–Trinajstić information content (AvgIpc) is 2.98. The van der Waals surface area contributed by atoms with Crippen molar-refractivity contribution in [2.75, 3.05) is 18.0 Å². The van der Waals surface area contributed by atoms with Crippen molar-refractivity contribution in [1.82, 2.24) is 15.5 Å². The van der Waals surface area contributed by atoms with Crippen LogP contribution in [0.1, 0.15) is 42.6 Å². The van der Waals surface area contributed by atoms with E-state index in [0.29, 0.717) is 6.54 Å². The molecule has 2 aromatic rings. The average molecular weight is 332 g/mol. The number of anilines is 1. The Morgan fingerprint density at radius 1 is 1.42 bits per heavy atom. The molecule has 0 bridgehead atoms. The molecule has 2 heterocycles. The molecule has 1 aliphatic rings. The predicted octanol–water partition coefficient (Wildman–Crippen LogP) is 2.67. The van der Waals surface area contributed by atoms with Crippen LogP contribution in [0.25, 0.3) is 0 Å². The first-order valence-corrected chi connectivity index (χ1v) is 8.49. The zero-order chi connectivity index (χ0) is 17.1. The van der Waals surface area contributed by atoms with E-state index in [1.165, 1.54) is 6.07 Å². The van der Waals surface area contributed by atoms with E-state index < -0.39 is 0 Å². The third-order valence-corrected chi connectivity index (χ3v) is 4.78. The number of hydrogen-bond donors (Lipinski definition) is 3. The third-order valence-electron chi connectivity index (χ3n) is 4.78. The summed E-state index contributed by atoms with van der Waals surface area (Å²) >= 11 is 0. The van der Waals surface area contributed by atoms with Gasteiger partial charge in [-0.25, -0.2) is 4.39 Å². The molecule has 1 fully saturated rings. The number of nitrogens with one attached hydrogen (secondary N) is 2. The Kier molecular flexibility index (Phi) is 5.16. The van der Waals surface area contributed by atoms with Crippen molar-refractivity contribution in [3.63, 3.8) is 0 Å². The number of nitrogens with zero attached hydrogens (tertiary/aromatic N) is 2. The molecule has 24 heavy (non-hydrogen) atoms. The molecular weight excluding hydrogens is 307 g/mol. The first-order chi connectivity index (χ1) is 11.5. The van der Waals surface area contributed by atoms with Crippen molar-refractivity contribution < 1.29 is 9.50 Å². The fraction of sp³-hybridized carbons (Fsp3) is 0.500. The maximum Gasteiger partial charge on any atom is 0.123 e. The molecule has 0 saturated carbocycles. The van der Waals surface area contributed by atoms with E-state index in [-0.39, 0.29) is 18.0 Å². The minimum Gasteiger partial charge on any atom is -0.393 e. The van der Waals surface area contributed by atoms with Crippen LogP contribution >= 0.6 is 0 Å². The van der Waals surface area contributed by atoms with Crippen molar-refractivity contribution in [3.05, 3.63) is 47.0 Å². The molecule has 130 valence electrons. The van der Waals surface area contributed by atoms with Crippen LogP contribution in [-0.2, 0) is 6.54 Å². The van der Waals surface area contributed by atoms with Crippen LogP contribution in [-0.4, -0.2) is 34.5 Å². The van der Waals surface area contributed by atoms with E-state index in [1.807, 2.05) is 19.9 Å². The summed E-state index contributed by atoms with van der Waals surface area (Å²) in [6.07, 6.45) is 3.09. The van der Waals surface area contributed by atoms with Gasteiger partial charge in [-0.1, -0.05) is 0 Å². The van der Waals surface area contributed by atoms with Gasteiger partial charge in [-0.15, -0.1) is 0 Å². The fourth-order valence-electron chi connectivity index (χ4n) is 3.18. The highest BCUT2D eigenvalue weighted by atomic mass is 19.1. The lowest BCUT2D eigenvalue weighted by Gasteiger charge is -2.34. The molecule has 1 unspecified atom stereocenters. The van der Waals surface area contributed by atoms with Crippen molar-refractivity contribution in [1.29, 1.82) is 0 Å². The second kappa shape index (κ2) is 7.32. The van der Waals surface area contributed by atoms with Gasteiger partial charge < -0.3 is 15.3 Å². The highest BCUT2D eigenvalue weighted by molar-refractivity contribution is 5.55. The number of aromatic nitrogens is 2. The van der Waals surface area contributed by atoms with Gasteiger partial charge in [-0.05, 0) is 56.0 Å². The second-order valence-corrected chi connectivity index (χ2v) is 6.56. The Bertz CT molecular complexity index is 679. The highest BCUT2D eigenvalue weighted by Gasteiger charge is 2.21. The Morgan fingerprint density at radius 3 is 2.83 bits per heavy atom. The van der Waals surface area contributed by atoms with E-state index in [4.69, 9.17) is 0 Å². The van der Waals surface area contributed by atoms with Crippen molar-refractivity contribution in [2.24, 2.45) is 0 Å². The van der Waals surface area contributed by atoms with Gasteiger partial charge in [0.2, 0.25) is 0 Å². The SMILES string of the molecule is Cc1cn[nH]c1CNC(C)c1cc(F)ccc1N1CCC(O)CC1. The van der Waals surface area contributed by atoms with Gasteiger partial charge in [-0.3, -0.25) is 5.10 Å². The molecule has 0 amide bonds. The van der Waals surface area contributed by atoms with Crippen LogP contribution in [0.2, 0.25) is 0 Å². The Labute approximate surface area is 141 Å². The number of aliphatic hydroxyl groups excluding tert-OH is 1. The summed E-state index contributed by atoms with van der Waals surface area (Å²) < 4.78 is 13.8. The Morgan fingerprint density at radius 2 is 2.17 bits per heavy atom.